The molecule has 1 unspecified atom stereocenters. The molecule has 1 atom stereocenters. The van der Waals surface area contributed by atoms with E-state index >= 15 is 0 Å². The van der Waals surface area contributed by atoms with Gasteiger partial charge in [-0.2, -0.15) is 4.98 Å². The van der Waals surface area contributed by atoms with E-state index in [0.717, 1.165) is 66.8 Å². The van der Waals surface area contributed by atoms with Crippen LogP contribution in [0.5, 0.6) is 0 Å². The van der Waals surface area contributed by atoms with E-state index < -0.39 is 6.10 Å². The van der Waals surface area contributed by atoms with Crippen molar-refractivity contribution in [3.05, 3.63) is 78.1 Å². The lowest BCUT2D eigenvalue weighted by Gasteiger charge is -2.32. The molecular formula is C29H32N4O4. The summed E-state index contributed by atoms with van der Waals surface area (Å²) in [6.07, 6.45) is 2.82. The van der Waals surface area contributed by atoms with Crippen molar-refractivity contribution in [1.82, 2.24) is 20.2 Å². The zero-order valence-corrected chi connectivity index (χ0v) is 21.0. The largest absolute Gasteiger partial charge is 0.513 e. The van der Waals surface area contributed by atoms with Gasteiger partial charge in [0, 0.05) is 29.2 Å². The summed E-state index contributed by atoms with van der Waals surface area (Å²) < 4.78 is 11.3. The van der Waals surface area contributed by atoms with Gasteiger partial charge in [-0.25, -0.2) is 0 Å². The predicted molar refractivity (Wildman–Crippen MR) is 141 cm³/mol. The number of aliphatic hydroxyl groups excluding tert-OH is 2. The van der Waals surface area contributed by atoms with Crippen LogP contribution in [0.25, 0.3) is 34.3 Å². The average Bonchev–Trinajstić information content (AvgIpc) is 3.57. The molecule has 1 aliphatic rings. The molecule has 37 heavy (non-hydrogen) atoms. The highest BCUT2D eigenvalue weighted by atomic mass is 16.5. The van der Waals surface area contributed by atoms with Crippen molar-refractivity contribution in [2.45, 2.75) is 38.7 Å². The Morgan fingerprint density at radius 1 is 1.03 bits per heavy atom. The van der Waals surface area contributed by atoms with Gasteiger partial charge in [0.1, 0.15) is 0 Å². The number of aromatic nitrogens is 3. The molecule has 0 spiro atoms. The molecule has 1 aliphatic heterocycles. The Bertz CT molecular complexity index is 1320. The second-order valence-electron chi connectivity index (χ2n) is 9.58. The normalized spacial score (nSPS) is 15.6. The fraction of sp³-hybridized carbons (Fsp3) is 0.345. The van der Waals surface area contributed by atoms with Gasteiger partial charge in [-0.05, 0) is 37.9 Å². The summed E-state index contributed by atoms with van der Waals surface area (Å²) in [7, 11) is 0. The number of piperidine rings is 1. The molecule has 5 rings (SSSR count). The van der Waals surface area contributed by atoms with Crippen LogP contribution in [0.4, 0.5) is 0 Å². The van der Waals surface area contributed by atoms with Crippen LogP contribution in [-0.4, -0.2) is 50.0 Å². The molecule has 1 saturated heterocycles. The van der Waals surface area contributed by atoms with Crippen LogP contribution in [0, 0.1) is 5.92 Å². The highest BCUT2D eigenvalue weighted by molar-refractivity contribution is 5.69. The van der Waals surface area contributed by atoms with E-state index in [-0.39, 0.29) is 11.7 Å². The molecule has 8 nitrogen and oxygen atoms in total. The highest BCUT2D eigenvalue weighted by Crippen LogP contribution is 2.33. The first-order valence-electron chi connectivity index (χ1n) is 12.8. The summed E-state index contributed by atoms with van der Waals surface area (Å²) in [6.45, 7) is 7.97. The summed E-state index contributed by atoms with van der Waals surface area (Å²) in [5, 5.41) is 28.8. The average molecular weight is 501 g/mol. The van der Waals surface area contributed by atoms with E-state index in [1.54, 1.807) is 0 Å². The lowest BCUT2D eigenvalue weighted by Crippen LogP contribution is -2.37. The van der Waals surface area contributed by atoms with Crippen molar-refractivity contribution in [2.24, 2.45) is 5.92 Å². The highest BCUT2D eigenvalue weighted by Gasteiger charge is 2.25. The van der Waals surface area contributed by atoms with Crippen LogP contribution in [0.1, 0.15) is 43.4 Å². The summed E-state index contributed by atoms with van der Waals surface area (Å²) in [6, 6.07) is 17.5. The van der Waals surface area contributed by atoms with Crippen LogP contribution in [0.3, 0.4) is 0 Å². The summed E-state index contributed by atoms with van der Waals surface area (Å²) in [5.74, 6) is 1.92. The van der Waals surface area contributed by atoms with Crippen molar-refractivity contribution in [3.8, 4) is 34.3 Å². The van der Waals surface area contributed by atoms with Gasteiger partial charge >= 0.3 is 0 Å². The van der Waals surface area contributed by atoms with E-state index in [4.69, 9.17) is 9.05 Å². The van der Waals surface area contributed by atoms with Crippen molar-refractivity contribution >= 4 is 0 Å². The Hall–Kier alpha value is -3.75. The molecule has 0 amide bonds. The van der Waals surface area contributed by atoms with Gasteiger partial charge in [0.15, 0.2) is 11.5 Å². The molecule has 2 N–H and O–H groups in total. The number of benzene rings is 2. The number of rotatable bonds is 9. The third-order valence-corrected chi connectivity index (χ3v) is 7.00. The third kappa shape index (κ3) is 5.50. The third-order valence-electron chi connectivity index (χ3n) is 7.00. The zero-order chi connectivity index (χ0) is 25.8. The molecule has 2 aromatic heterocycles. The first kappa shape index (κ1) is 24.9. The topological polar surface area (TPSA) is 109 Å². The van der Waals surface area contributed by atoms with E-state index in [2.05, 4.69) is 33.7 Å². The summed E-state index contributed by atoms with van der Waals surface area (Å²) >= 11 is 0. The molecule has 0 saturated carbocycles. The molecule has 4 aromatic rings. The standard InChI is InChI=1S/C29H32N4O4/c1-3-7-24-26(31-36-27(24)22-8-5-4-6-9-22)29-30-28(32-37-29)23-12-10-21(11-13-23)25(35)18-33-16-14-20(15-17-33)19(2)34/h4-6,8-13,20,25,34-35H,2-3,7,14-18H2,1H3. The van der Waals surface area contributed by atoms with Crippen molar-refractivity contribution in [3.63, 3.8) is 0 Å². The summed E-state index contributed by atoms with van der Waals surface area (Å²) in [5.41, 5.74) is 4.10. The minimum absolute atomic E-state index is 0.160. The molecule has 8 heteroatoms. The van der Waals surface area contributed by atoms with Gasteiger partial charge in [0.2, 0.25) is 5.82 Å². The van der Waals surface area contributed by atoms with Gasteiger partial charge in [0.05, 0.1) is 11.9 Å². The number of hydrogen-bond acceptors (Lipinski definition) is 8. The van der Waals surface area contributed by atoms with E-state index in [9.17, 15) is 10.2 Å². The lowest BCUT2D eigenvalue weighted by atomic mass is 9.95. The Balaban J connectivity index is 1.28. The number of nitrogens with zero attached hydrogens (tertiary/aromatic N) is 4. The summed E-state index contributed by atoms with van der Waals surface area (Å²) in [4.78, 5) is 6.81. The van der Waals surface area contributed by atoms with E-state index in [1.807, 2.05) is 54.6 Å². The van der Waals surface area contributed by atoms with Gasteiger partial charge in [-0.3, -0.25) is 0 Å². The van der Waals surface area contributed by atoms with Crippen LogP contribution in [0.15, 0.2) is 76.0 Å². The monoisotopic (exact) mass is 500 g/mol. The Kier molecular flexibility index (Phi) is 7.48. The van der Waals surface area contributed by atoms with Crippen LogP contribution in [0.2, 0.25) is 0 Å². The van der Waals surface area contributed by atoms with Gasteiger partial charge < -0.3 is 24.2 Å². The molecule has 0 aliphatic carbocycles. The first-order chi connectivity index (χ1) is 18.0. The zero-order valence-electron chi connectivity index (χ0n) is 21.0. The Morgan fingerprint density at radius 2 is 1.76 bits per heavy atom. The first-order valence-corrected chi connectivity index (χ1v) is 12.8. The number of β-amino-alcohol motifs (C(OH)–C–C–N with tert-alkyl or cyclic N) is 1. The molecular weight excluding hydrogens is 468 g/mol. The molecule has 1 fully saturated rings. The number of allylic oxidation sites excluding steroid dienone is 1. The minimum Gasteiger partial charge on any atom is -0.513 e. The number of hydrogen-bond donors (Lipinski definition) is 2. The second kappa shape index (κ2) is 11.1. The van der Waals surface area contributed by atoms with Crippen molar-refractivity contribution < 1.29 is 19.3 Å². The van der Waals surface area contributed by atoms with Crippen molar-refractivity contribution in [1.29, 1.82) is 0 Å². The lowest BCUT2D eigenvalue weighted by molar-refractivity contribution is 0.0881. The molecule has 192 valence electrons. The molecule has 2 aromatic carbocycles. The van der Waals surface area contributed by atoms with Gasteiger partial charge in [-0.1, -0.05) is 84.8 Å². The fourth-order valence-electron chi connectivity index (χ4n) is 4.87. The van der Waals surface area contributed by atoms with Crippen LogP contribution < -0.4 is 0 Å². The van der Waals surface area contributed by atoms with Crippen LogP contribution >= 0.6 is 0 Å². The fourth-order valence-corrected chi connectivity index (χ4v) is 4.87. The SMILES string of the molecule is C=C(O)C1CCN(CC(O)c2ccc(-c3noc(-c4noc(-c5ccccc5)c4CCC)n3)cc2)CC1. The van der Waals surface area contributed by atoms with Crippen LogP contribution in [-0.2, 0) is 6.42 Å². The maximum atomic E-state index is 10.8. The van der Waals surface area contributed by atoms with E-state index in [0.29, 0.717) is 24.0 Å². The Labute approximate surface area is 216 Å². The Morgan fingerprint density at radius 3 is 2.43 bits per heavy atom. The smallest absolute Gasteiger partial charge is 0.280 e. The quantitative estimate of drug-likeness (QED) is 0.276. The van der Waals surface area contributed by atoms with Gasteiger partial charge in [-0.15, -0.1) is 0 Å². The maximum absolute atomic E-state index is 10.8. The number of likely N-dealkylation sites (tertiary alicyclic amines) is 1. The van der Waals surface area contributed by atoms with Crippen molar-refractivity contribution in [2.75, 3.05) is 19.6 Å². The van der Waals surface area contributed by atoms with Gasteiger partial charge in [0.25, 0.3) is 5.89 Å². The number of aliphatic hydroxyl groups is 2. The predicted octanol–water partition coefficient (Wildman–Crippen LogP) is 5.83. The van der Waals surface area contributed by atoms with E-state index in [1.165, 1.54) is 0 Å². The maximum Gasteiger partial charge on any atom is 0.280 e. The molecule has 3 heterocycles. The molecule has 0 radical (unpaired) electrons. The molecule has 0 bridgehead atoms. The second-order valence-corrected chi connectivity index (χ2v) is 9.58. The minimum atomic E-state index is -0.605.